The molecular formula is C25H27FN4O2S. The number of benzene rings is 2. The van der Waals surface area contributed by atoms with Gasteiger partial charge in [-0.15, -0.1) is 10.2 Å². The SMILES string of the molecule is CC(Sc1nnc(-c2ccc(F)cc2)n1CC1CCCO1)C(=O)N1CCCc2ccccc21. The second kappa shape index (κ2) is 9.65. The number of hydrogen-bond acceptors (Lipinski definition) is 5. The summed E-state index contributed by atoms with van der Waals surface area (Å²) in [6.07, 6.45) is 4.05. The molecule has 5 rings (SSSR count). The number of rotatable bonds is 6. The van der Waals surface area contributed by atoms with E-state index < -0.39 is 0 Å². The Kier molecular flexibility index (Phi) is 6.46. The number of fused-ring (bicyclic) bond motifs is 1. The molecule has 8 heteroatoms. The van der Waals surface area contributed by atoms with E-state index in [9.17, 15) is 9.18 Å². The van der Waals surface area contributed by atoms with Gasteiger partial charge in [0, 0.05) is 24.4 Å². The zero-order valence-electron chi connectivity index (χ0n) is 18.6. The van der Waals surface area contributed by atoms with Crippen molar-refractivity contribution in [1.29, 1.82) is 0 Å². The van der Waals surface area contributed by atoms with Gasteiger partial charge >= 0.3 is 0 Å². The van der Waals surface area contributed by atoms with Crippen LogP contribution in [0.2, 0.25) is 0 Å². The number of carbonyl (C=O) groups is 1. The van der Waals surface area contributed by atoms with Gasteiger partial charge in [0.05, 0.1) is 17.9 Å². The van der Waals surface area contributed by atoms with Gasteiger partial charge in [-0.1, -0.05) is 30.0 Å². The van der Waals surface area contributed by atoms with Crippen molar-refractivity contribution in [2.45, 2.75) is 55.7 Å². The number of amides is 1. The fourth-order valence-electron chi connectivity index (χ4n) is 4.54. The molecule has 0 bridgehead atoms. The van der Waals surface area contributed by atoms with Gasteiger partial charge in [0.25, 0.3) is 0 Å². The lowest BCUT2D eigenvalue weighted by atomic mass is 10.0. The van der Waals surface area contributed by atoms with Crippen molar-refractivity contribution < 1.29 is 13.9 Å². The van der Waals surface area contributed by atoms with Crippen molar-refractivity contribution in [3.63, 3.8) is 0 Å². The molecule has 1 aromatic heterocycles. The maximum atomic E-state index is 13.5. The number of ether oxygens (including phenoxy) is 1. The van der Waals surface area contributed by atoms with Crippen molar-refractivity contribution in [3.05, 3.63) is 59.9 Å². The second-order valence-corrected chi connectivity index (χ2v) is 9.85. The number of carbonyl (C=O) groups excluding carboxylic acids is 1. The van der Waals surface area contributed by atoms with Crippen LogP contribution in [-0.4, -0.2) is 45.2 Å². The molecular weight excluding hydrogens is 439 g/mol. The molecule has 6 nitrogen and oxygen atoms in total. The molecule has 2 aliphatic rings. The van der Waals surface area contributed by atoms with Gasteiger partial charge in [-0.25, -0.2) is 4.39 Å². The van der Waals surface area contributed by atoms with E-state index in [2.05, 4.69) is 16.3 Å². The fourth-order valence-corrected chi connectivity index (χ4v) is 5.46. The lowest BCUT2D eigenvalue weighted by molar-refractivity contribution is -0.117. The van der Waals surface area contributed by atoms with Gasteiger partial charge in [0.1, 0.15) is 5.82 Å². The predicted octanol–water partition coefficient (Wildman–Crippen LogP) is 4.72. The molecule has 33 heavy (non-hydrogen) atoms. The molecule has 172 valence electrons. The third-order valence-corrected chi connectivity index (χ3v) is 7.30. The molecule has 1 fully saturated rings. The standard InChI is InChI=1S/C25H27FN4O2S/c1-17(24(31)29-14-4-7-18-6-2-3-9-22(18)29)33-25-28-27-23(19-10-12-20(26)13-11-19)30(25)16-21-8-5-15-32-21/h2-3,6,9-13,17,21H,4-5,7-8,14-16H2,1H3. The molecule has 0 spiro atoms. The Labute approximate surface area is 197 Å². The van der Waals surface area contributed by atoms with Crippen LogP contribution in [0.15, 0.2) is 53.7 Å². The summed E-state index contributed by atoms with van der Waals surface area (Å²) < 4.78 is 21.3. The third kappa shape index (κ3) is 4.68. The first-order valence-corrected chi connectivity index (χ1v) is 12.3. The Morgan fingerprint density at radius 1 is 1.18 bits per heavy atom. The highest BCUT2D eigenvalue weighted by Crippen LogP contribution is 2.32. The Morgan fingerprint density at radius 2 is 2.00 bits per heavy atom. The summed E-state index contributed by atoms with van der Waals surface area (Å²) >= 11 is 1.42. The van der Waals surface area contributed by atoms with Crippen LogP contribution in [0.5, 0.6) is 0 Å². The minimum Gasteiger partial charge on any atom is -0.376 e. The van der Waals surface area contributed by atoms with Gasteiger partial charge in [-0.05, 0) is 68.5 Å². The van der Waals surface area contributed by atoms with E-state index in [1.807, 2.05) is 34.6 Å². The number of para-hydroxylation sites is 1. The lowest BCUT2D eigenvalue weighted by Crippen LogP contribution is -2.40. The Morgan fingerprint density at radius 3 is 2.79 bits per heavy atom. The first kappa shape index (κ1) is 22.1. The molecule has 2 atom stereocenters. The topological polar surface area (TPSA) is 60.2 Å². The van der Waals surface area contributed by atoms with E-state index >= 15 is 0 Å². The van der Waals surface area contributed by atoms with Crippen molar-refractivity contribution in [3.8, 4) is 11.4 Å². The summed E-state index contributed by atoms with van der Waals surface area (Å²) in [5.41, 5.74) is 3.01. The number of hydrogen-bond donors (Lipinski definition) is 0. The quantitative estimate of drug-likeness (QED) is 0.492. The molecule has 1 saturated heterocycles. The highest BCUT2D eigenvalue weighted by molar-refractivity contribution is 8.00. The van der Waals surface area contributed by atoms with Crippen LogP contribution >= 0.6 is 11.8 Å². The van der Waals surface area contributed by atoms with E-state index in [0.717, 1.165) is 50.1 Å². The summed E-state index contributed by atoms with van der Waals surface area (Å²) in [5, 5.41) is 9.18. The maximum Gasteiger partial charge on any atom is 0.240 e. The average molecular weight is 467 g/mol. The smallest absolute Gasteiger partial charge is 0.240 e. The number of aromatic nitrogens is 3. The van der Waals surface area contributed by atoms with E-state index in [0.29, 0.717) is 17.5 Å². The first-order valence-electron chi connectivity index (χ1n) is 11.5. The van der Waals surface area contributed by atoms with Crippen molar-refractivity contribution in [2.24, 2.45) is 0 Å². The van der Waals surface area contributed by atoms with Crippen LogP contribution in [0, 0.1) is 5.82 Å². The van der Waals surface area contributed by atoms with Gasteiger partial charge in [-0.3, -0.25) is 9.36 Å². The highest BCUT2D eigenvalue weighted by Gasteiger charge is 2.29. The van der Waals surface area contributed by atoms with Gasteiger partial charge < -0.3 is 9.64 Å². The summed E-state index contributed by atoms with van der Waals surface area (Å²) in [6, 6.07) is 14.4. The zero-order valence-corrected chi connectivity index (χ0v) is 19.4. The Bertz CT molecular complexity index is 1130. The van der Waals surface area contributed by atoms with Crippen molar-refractivity contribution in [2.75, 3.05) is 18.1 Å². The molecule has 2 unspecified atom stereocenters. The molecule has 3 heterocycles. The van der Waals surface area contributed by atoms with Crippen LogP contribution in [-0.2, 0) is 22.5 Å². The van der Waals surface area contributed by atoms with E-state index in [1.165, 1.54) is 29.5 Å². The highest BCUT2D eigenvalue weighted by atomic mass is 32.2. The number of halogens is 1. The van der Waals surface area contributed by atoms with E-state index in [1.54, 1.807) is 12.1 Å². The summed E-state index contributed by atoms with van der Waals surface area (Å²) in [5.74, 6) is 0.442. The Balaban J connectivity index is 1.40. The molecule has 0 saturated carbocycles. The normalized spacial score (nSPS) is 18.8. The Hall–Kier alpha value is -2.71. The van der Waals surface area contributed by atoms with Gasteiger partial charge in [0.2, 0.25) is 5.91 Å². The number of nitrogens with zero attached hydrogens (tertiary/aromatic N) is 4. The zero-order chi connectivity index (χ0) is 22.8. The molecule has 2 aliphatic heterocycles. The summed E-state index contributed by atoms with van der Waals surface area (Å²) in [6.45, 7) is 4.01. The number of thioether (sulfide) groups is 1. The monoisotopic (exact) mass is 466 g/mol. The minimum absolute atomic E-state index is 0.0714. The summed E-state index contributed by atoms with van der Waals surface area (Å²) in [7, 11) is 0. The fraction of sp³-hybridized carbons (Fsp3) is 0.400. The largest absolute Gasteiger partial charge is 0.376 e. The number of aryl methyl sites for hydroxylation is 1. The number of anilines is 1. The average Bonchev–Trinajstić information content (AvgIpc) is 3.49. The van der Waals surface area contributed by atoms with Crippen LogP contribution in [0.4, 0.5) is 10.1 Å². The van der Waals surface area contributed by atoms with Crippen molar-refractivity contribution in [1.82, 2.24) is 14.8 Å². The molecule has 3 aromatic rings. The van der Waals surface area contributed by atoms with Gasteiger partial charge in [0.15, 0.2) is 11.0 Å². The minimum atomic E-state index is -0.329. The van der Waals surface area contributed by atoms with Crippen LogP contribution in [0.3, 0.4) is 0 Å². The predicted molar refractivity (Wildman–Crippen MR) is 127 cm³/mol. The molecule has 0 radical (unpaired) electrons. The van der Waals surface area contributed by atoms with Gasteiger partial charge in [-0.2, -0.15) is 0 Å². The van der Waals surface area contributed by atoms with Crippen LogP contribution in [0.1, 0.15) is 31.7 Å². The van der Waals surface area contributed by atoms with Crippen molar-refractivity contribution >= 4 is 23.4 Å². The first-order chi connectivity index (χ1) is 16.1. The molecule has 0 N–H and O–H groups in total. The molecule has 2 aromatic carbocycles. The van der Waals surface area contributed by atoms with Crippen LogP contribution < -0.4 is 4.90 Å². The van der Waals surface area contributed by atoms with E-state index in [-0.39, 0.29) is 23.1 Å². The third-order valence-electron chi connectivity index (χ3n) is 6.24. The maximum absolute atomic E-state index is 13.5. The molecule has 0 aliphatic carbocycles. The summed E-state index contributed by atoms with van der Waals surface area (Å²) in [4.78, 5) is 15.3. The second-order valence-electron chi connectivity index (χ2n) is 8.54. The van der Waals surface area contributed by atoms with E-state index in [4.69, 9.17) is 4.74 Å². The van der Waals surface area contributed by atoms with Crippen LogP contribution in [0.25, 0.3) is 11.4 Å². The molecule has 1 amide bonds. The lowest BCUT2D eigenvalue weighted by Gasteiger charge is -2.31.